The van der Waals surface area contributed by atoms with E-state index in [1.54, 1.807) is 6.07 Å². The van der Waals surface area contributed by atoms with Crippen LogP contribution in [0.15, 0.2) is 23.1 Å². The number of H-pyrrole nitrogens is 1. The Balaban J connectivity index is 2.46. The number of aromatic amines is 1. The molecule has 2 N–H and O–H groups in total. The molecule has 94 valence electrons. The van der Waals surface area contributed by atoms with Crippen molar-refractivity contribution < 1.29 is 4.79 Å². The van der Waals surface area contributed by atoms with Gasteiger partial charge in [0.1, 0.15) is 5.56 Å². The SMILES string of the molecule is CCN(CC)CCNC(=O)c1ccc[nH]c1=O. The second-order valence-electron chi connectivity index (χ2n) is 3.70. The Kier molecular flexibility index (Phi) is 5.42. The zero-order valence-corrected chi connectivity index (χ0v) is 10.3. The standard InChI is InChI=1S/C12H19N3O2/c1-3-15(4-2)9-8-14-12(17)10-6-5-7-13-11(10)16/h5-7H,3-4,8-9H2,1-2H3,(H,13,16)(H,14,17). The Labute approximate surface area is 101 Å². The summed E-state index contributed by atoms with van der Waals surface area (Å²) in [5, 5.41) is 2.74. The maximum absolute atomic E-state index is 11.7. The molecule has 1 aromatic rings. The molecule has 0 aliphatic rings. The number of nitrogens with zero attached hydrogens (tertiary/aromatic N) is 1. The zero-order chi connectivity index (χ0) is 12.7. The Morgan fingerprint density at radius 1 is 1.41 bits per heavy atom. The van der Waals surface area contributed by atoms with Crippen LogP contribution in [0.2, 0.25) is 0 Å². The van der Waals surface area contributed by atoms with Gasteiger partial charge in [0, 0.05) is 19.3 Å². The van der Waals surface area contributed by atoms with Gasteiger partial charge in [-0.25, -0.2) is 0 Å². The summed E-state index contributed by atoms with van der Waals surface area (Å²) in [6.45, 7) is 7.41. The highest BCUT2D eigenvalue weighted by molar-refractivity contribution is 5.93. The lowest BCUT2D eigenvalue weighted by Gasteiger charge is -2.17. The molecule has 0 fully saturated rings. The van der Waals surface area contributed by atoms with Gasteiger partial charge in [0.2, 0.25) is 0 Å². The van der Waals surface area contributed by atoms with Crippen molar-refractivity contribution in [2.75, 3.05) is 26.2 Å². The molecule has 0 aromatic carbocycles. The van der Waals surface area contributed by atoms with E-state index in [9.17, 15) is 9.59 Å². The second kappa shape index (κ2) is 6.85. The van der Waals surface area contributed by atoms with Gasteiger partial charge < -0.3 is 15.2 Å². The molecule has 0 radical (unpaired) electrons. The number of hydrogen-bond acceptors (Lipinski definition) is 3. The van der Waals surface area contributed by atoms with E-state index in [-0.39, 0.29) is 17.0 Å². The maximum Gasteiger partial charge on any atom is 0.260 e. The van der Waals surface area contributed by atoms with E-state index in [2.05, 4.69) is 29.0 Å². The van der Waals surface area contributed by atoms with Crippen molar-refractivity contribution in [2.24, 2.45) is 0 Å². The molecule has 1 heterocycles. The highest BCUT2D eigenvalue weighted by atomic mass is 16.2. The van der Waals surface area contributed by atoms with Crippen molar-refractivity contribution >= 4 is 5.91 Å². The maximum atomic E-state index is 11.7. The minimum absolute atomic E-state index is 0.159. The Bertz CT molecular complexity index is 410. The van der Waals surface area contributed by atoms with Crippen molar-refractivity contribution in [1.29, 1.82) is 0 Å². The molecule has 5 heteroatoms. The van der Waals surface area contributed by atoms with Crippen LogP contribution in [-0.2, 0) is 0 Å². The predicted octanol–water partition coefficient (Wildman–Crippen LogP) is 0.446. The molecule has 0 saturated heterocycles. The van der Waals surface area contributed by atoms with Crippen LogP contribution < -0.4 is 10.9 Å². The third-order valence-corrected chi connectivity index (χ3v) is 2.67. The average Bonchev–Trinajstić information content (AvgIpc) is 2.35. The minimum atomic E-state index is -0.354. The summed E-state index contributed by atoms with van der Waals surface area (Å²) in [4.78, 5) is 27.7. The number of hydrogen-bond donors (Lipinski definition) is 2. The molecular formula is C12H19N3O2. The van der Waals surface area contributed by atoms with Gasteiger partial charge in [-0.05, 0) is 25.2 Å². The topological polar surface area (TPSA) is 65.2 Å². The number of likely N-dealkylation sites (N-methyl/N-ethyl adjacent to an activating group) is 1. The summed E-state index contributed by atoms with van der Waals surface area (Å²) in [6, 6.07) is 3.16. The Morgan fingerprint density at radius 3 is 2.71 bits per heavy atom. The van der Waals surface area contributed by atoms with Crippen molar-refractivity contribution in [3.05, 3.63) is 34.2 Å². The molecule has 0 atom stereocenters. The Morgan fingerprint density at radius 2 is 2.12 bits per heavy atom. The molecule has 1 amide bonds. The number of aromatic nitrogens is 1. The van der Waals surface area contributed by atoms with Crippen molar-refractivity contribution in [2.45, 2.75) is 13.8 Å². The molecular weight excluding hydrogens is 218 g/mol. The largest absolute Gasteiger partial charge is 0.351 e. The zero-order valence-electron chi connectivity index (χ0n) is 10.3. The van der Waals surface area contributed by atoms with E-state index < -0.39 is 0 Å². The van der Waals surface area contributed by atoms with Crippen molar-refractivity contribution in [3.63, 3.8) is 0 Å². The number of pyridine rings is 1. The first-order chi connectivity index (χ1) is 8.19. The number of carbonyl (C=O) groups excluding carboxylic acids is 1. The summed E-state index contributed by atoms with van der Waals surface area (Å²) >= 11 is 0. The van der Waals surface area contributed by atoms with E-state index >= 15 is 0 Å². The summed E-state index contributed by atoms with van der Waals surface area (Å²) in [5.41, 5.74) is -0.195. The summed E-state index contributed by atoms with van der Waals surface area (Å²) < 4.78 is 0. The predicted molar refractivity (Wildman–Crippen MR) is 67.2 cm³/mol. The first kappa shape index (κ1) is 13.4. The van der Waals surface area contributed by atoms with Gasteiger partial charge in [0.15, 0.2) is 0 Å². The van der Waals surface area contributed by atoms with Crippen molar-refractivity contribution in [1.82, 2.24) is 15.2 Å². The minimum Gasteiger partial charge on any atom is -0.351 e. The van der Waals surface area contributed by atoms with Crippen LogP contribution in [0.5, 0.6) is 0 Å². The van der Waals surface area contributed by atoms with Gasteiger partial charge in [-0.1, -0.05) is 13.8 Å². The molecule has 0 aliphatic heterocycles. The highest BCUT2D eigenvalue weighted by Gasteiger charge is 2.08. The van der Waals surface area contributed by atoms with E-state index in [1.165, 1.54) is 12.3 Å². The fraction of sp³-hybridized carbons (Fsp3) is 0.500. The normalized spacial score (nSPS) is 10.5. The lowest BCUT2D eigenvalue weighted by Crippen LogP contribution is -2.36. The number of rotatable bonds is 6. The molecule has 17 heavy (non-hydrogen) atoms. The van der Waals surface area contributed by atoms with E-state index in [4.69, 9.17) is 0 Å². The quantitative estimate of drug-likeness (QED) is 0.755. The highest BCUT2D eigenvalue weighted by Crippen LogP contribution is 1.89. The van der Waals surface area contributed by atoms with E-state index in [0.29, 0.717) is 6.54 Å². The first-order valence-corrected chi connectivity index (χ1v) is 5.87. The van der Waals surface area contributed by atoms with Crippen LogP contribution >= 0.6 is 0 Å². The monoisotopic (exact) mass is 237 g/mol. The van der Waals surface area contributed by atoms with Crippen LogP contribution in [0.25, 0.3) is 0 Å². The lowest BCUT2D eigenvalue weighted by atomic mass is 10.2. The van der Waals surface area contributed by atoms with Crippen LogP contribution in [0.1, 0.15) is 24.2 Å². The Hall–Kier alpha value is -1.62. The fourth-order valence-electron chi connectivity index (χ4n) is 1.56. The van der Waals surface area contributed by atoms with Gasteiger partial charge in [-0.3, -0.25) is 9.59 Å². The number of carbonyl (C=O) groups is 1. The summed E-state index contributed by atoms with van der Waals surface area (Å²) in [7, 11) is 0. The van der Waals surface area contributed by atoms with Crippen LogP contribution in [0.3, 0.4) is 0 Å². The fourth-order valence-corrected chi connectivity index (χ4v) is 1.56. The van der Waals surface area contributed by atoms with Gasteiger partial charge in [-0.2, -0.15) is 0 Å². The third-order valence-electron chi connectivity index (χ3n) is 2.67. The number of amides is 1. The first-order valence-electron chi connectivity index (χ1n) is 5.87. The molecule has 1 aromatic heterocycles. The van der Waals surface area contributed by atoms with Crippen LogP contribution in [0.4, 0.5) is 0 Å². The molecule has 0 saturated carbocycles. The smallest absolute Gasteiger partial charge is 0.260 e. The van der Waals surface area contributed by atoms with Crippen molar-refractivity contribution in [3.8, 4) is 0 Å². The molecule has 1 rings (SSSR count). The second-order valence-corrected chi connectivity index (χ2v) is 3.70. The van der Waals surface area contributed by atoms with Gasteiger partial charge in [0.05, 0.1) is 0 Å². The molecule has 0 aliphatic carbocycles. The number of nitrogens with one attached hydrogen (secondary N) is 2. The lowest BCUT2D eigenvalue weighted by molar-refractivity contribution is 0.0947. The molecule has 0 unspecified atom stereocenters. The molecule has 0 spiro atoms. The average molecular weight is 237 g/mol. The van der Waals surface area contributed by atoms with Gasteiger partial charge >= 0.3 is 0 Å². The summed E-state index contributed by atoms with van der Waals surface area (Å²) in [6.07, 6.45) is 1.51. The van der Waals surface area contributed by atoms with E-state index in [1.807, 2.05) is 0 Å². The van der Waals surface area contributed by atoms with Gasteiger partial charge in [-0.15, -0.1) is 0 Å². The van der Waals surface area contributed by atoms with Crippen LogP contribution in [0, 0.1) is 0 Å². The van der Waals surface area contributed by atoms with Crippen LogP contribution in [-0.4, -0.2) is 42.0 Å². The summed E-state index contributed by atoms with van der Waals surface area (Å²) in [5.74, 6) is -0.320. The van der Waals surface area contributed by atoms with E-state index in [0.717, 1.165) is 19.6 Å². The molecule has 5 nitrogen and oxygen atoms in total. The van der Waals surface area contributed by atoms with Gasteiger partial charge in [0.25, 0.3) is 11.5 Å². The third kappa shape index (κ3) is 4.03. The molecule has 0 bridgehead atoms.